The van der Waals surface area contributed by atoms with Gasteiger partial charge in [0.1, 0.15) is 0 Å². The second-order valence-corrected chi connectivity index (χ2v) is 10.9. The van der Waals surface area contributed by atoms with Crippen LogP contribution in [-0.2, 0) is 14.9 Å². The Kier molecular flexibility index (Phi) is 6.93. The Morgan fingerprint density at radius 2 is 1.71 bits per heavy atom. The minimum absolute atomic E-state index is 0. The zero-order valence-corrected chi connectivity index (χ0v) is 21.6. The average molecular weight is 482 g/mol. The molecule has 3 heterocycles. The number of fused-ring (bicyclic) bond motifs is 4. The van der Waals surface area contributed by atoms with Gasteiger partial charge in [-0.3, -0.25) is 4.79 Å². The van der Waals surface area contributed by atoms with E-state index in [1.165, 1.54) is 5.56 Å². The number of allylic oxidation sites excluding steroid dienone is 1. The lowest BCUT2D eigenvalue weighted by Crippen LogP contribution is -2.55. The van der Waals surface area contributed by atoms with E-state index in [0.717, 1.165) is 75.6 Å². The van der Waals surface area contributed by atoms with Gasteiger partial charge in [-0.25, -0.2) is 4.79 Å². The molecule has 6 nitrogen and oxygen atoms in total. The maximum atomic E-state index is 13.3. The van der Waals surface area contributed by atoms with Crippen molar-refractivity contribution in [2.24, 2.45) is 0 Å². The van der Waals surface area contributed by atoms with Crippen LogP contribution in [0.2, 0.25) is 0 Å². The summed E-state index contributed by atoms with van der Waals surface area (Å²) in [7, 11) is 0. The molecule has 2 bridgehead atoms. The molecule has 1 aliphatic carbocycles. The van der Waals surface area contributed by atoms with Gasteiger partial charge in [0.15, 0.2) is 0 Å². The zero-order chi connectivity index (χ0) is 24.6. The van der Waals surface area contributed by atoms with Crippen molar-refractivity contribution in [1.82, 2.24) is 15.1 Å². The number of hydrogen-bond donors (Lipinski definition) is 1. The first kappa shape index (κ1) is 24.4. The molecule has 1 aromatic carbocycles. The molecule has 5 rings (SSSR count). The van der Waals surface area contributed by atoms with E-state index in [2.05, 4.69) is 54.4 Å². The standard InChI is InChI=1S/C29H41N3O3.H2/c1-4-20(5-2)30-27(33)25-19-29(26-10-8-7-9-24(25)26)13-15-31(16-14-29)23-17-21-11-12-22(18-23)32(21)28(34)35-6-3;/h7-10,19-23H,4-6,11-18H2,1-3H3,(H,30,33);1H. The summed E-state index contributed by atoms with van der Waals surface area (Å²) in [4.78, 5) is 30.4. The maximum Gasteiger partial charge on any atom is 0.410 e. The molecule has 3 aliphatic heterocycles. The van der Waals surface area contributed by atoms with Gasteiger partial charge in [0.05, 0.1) is 6.61 Å². The first-order valence-corrected chi connectivity index (χ1v) is 13.8. The van der Waals surface area contributed by atoms with E-state index < -0.39 is 0 Å². The SMILES string of the molecule is CCOC(=O)N1C2CCC1CC(N1CCC3(C=C(C(=O)NC(CC)CC)c4ccccc43)CC1)C2.[HH]. The number of carbonyl (C=O) groups is 2. The van der Waals surface area contributed by atoms with Crippen molar-refractivity contribution in [3.63, 3.8) is 0 Å². The summed E-state index contributed by atoms with van der Waals surface area (Å²) in [5.41, 5.74) is 3.26. The van der Waals surface area contributed by atoms with Crippen LogP contribution in [0, 0.1) is 0 Å². The molecule has 1 spiro atoms. The van der Waals surface area contributed by atoms with Crippen LogP contribution in [0.3, 0.4) is 0 Å². The molecule has 2 atom stereocenters. The van der Waals surface area contributed by atoms with Crippen LogP contribution in [-0.4, -0.2) is 65.7 Å². The molecule has 192 valence electrons. The monoisotopic (exact) mass is 481 g/mol. The second kappa shape index (κ2) is 9.96. The molecule has 3 fully saturated rings. The predicted octanol–water partition coefficient (Wildman–Crippen LogP) is 5.12. The number of rotatable bonds is 6. The third-order valence-electron chi connectivity index (χ3n) is 9.13. The van der Waals surface area contributed by atoms with Gasteiger partial charge in [0.25, 0.3) is 5.91 Å². The van der Waals surface area contributed by atoms with E-state index in [9.17, 15) is 9.59 Å². The smallest absolute Gasteiger partial charge is 0.410 e. The molecule has 6 heteroatoms. The Bertz CT molecular complexity index is 970. The highest BCUT2D eigenvalue weighted by molar-refractivity contribution is 6.21. The van der Waals surface area contributed by atoms with Gasteiger partial charge >= 0.3 is 6.09 Å². The number of nitrogens with one attached hydrogen (secondary N) is 1. The Labute approximate surface area is 211 Å². The fourth-order valence-corrected chi connectivity index (χ4v) is 7.17. The van der Waals surface area contributed by atoms with Crippen LogP contribution in [0.25, 0.3) is 5.57 Å². The van der Waals surface area contributed by atoms with E-state index in [4.69, 9.17) is 4.74 Å². The highest BCUT2D eigenvalue weighted by Crippen LogP contribution is 2.48. The molecule has 1 aromatic rings. The number of benzene rings is 1. The van der Waals surface area contributed by atoms with E-state index in [1.807, 2.05) is 11.8 Å². The summed E-state index contributed by atoms with van der Waals surface area (Å²) < 4.78 is 5.34. The van der Waals surface area contributed by atoms with Crippen molar-refractivity contribution >= 4 is 17.6 Å². The van der Waals surface area contributed by atoms with Crippen molar-refractivity contribution in [3.05, 3.63) is 41.5 Å². The molecule has 0 aromatic heterocycles. The molecule has 2 unspecified atom stereocenters. The number of likely N-dealkylation sites (tertiary alicyclic amines) is 1. The van der Waals surface area contributed by atoms with Crippen molar-refractivity contribution in [3.8, 4) is 0 Å². The Morgan fingerprint density at radius 3 is 2.34 bits per heavy atom. The normalized spacial score (nSPS) is 27.1. The summed E-state index contributed by atoms with van der Waals surface area (Å²) in [6.45, 7) is 8.66. The summed E-state index contributed by atoms with van der Waals surface area (Å²) >= 11 is 0. The quantitative estimate of drug-likeness (QED) is 0.613. The van der Waals surface area contributed by atoms with Crippen molar-refractivity contribution < 1.29 is 15.8 Å². The second-order valence-electron chi connectivity index (χ2n) is 10.9. The highest BCUT2D eigenvalue weighted by atomic mass is 16.6. The predicted molar refractivity (Wildman–Crippen MR) is 140 cm³/mol. The van der Waals surface area contributed by atoms with E-state index >= 15 is 0 Å². The van der Waals surface area contributed by atoms with Crippen LogP contribution in [0.1, 0.15) is 84.7 Å². The summed E-state index contributed by atoms with van der Waals surface area (Å²) in [5, 5.41) is 3.26. The Morgan fingerprint density at radius 1 is 1.06 bits per heavy atom. The number of piperidine rings is 2. The lowest BCUT2D eigenvalue weighted by molar-refractivity contribution is -0.116. The maximum absolute atomic E-state index is 13.3. The minimum Gasteiger partial charge on any atom is -0.450 e. The lowest BCUT2D eigenvalue weighted by atomic mass is 9.74. The van der Waals surface area contributed by atoms with Gasteiger partial charge in [-0.2, -0.15) is 0 Å². The van der Waals surface area contributed by atoms with Crippen molar-refractivity contribution in [2.75, 3.05) is 19.7 Å². The number of carbonyl (C=O) groups excluding carboxylic acids is 2. The van der Waals surface area contributed by atoms with Crippen LogP contribution < -0.4 is 5.32 Å². The summed E-state index contributed by atoms with van der Waals surface area (Å²) in [5.74, 6) is 0.0772. The molecular weight excluding hydrogens is 438 g/mol. The van der Waals surface area contributed by atoms with Gasteiger partial charge in [-0.05, 0) is 82.5 Å². The molecule has 4 aliphatic rings. The van der Waals surface area contributed by atoms with Crippen molar-refractivity contribution in [1.29, 1.82) is 0 Å². The van der Waals surface area contributed by atoms with Gasteiger partial charge in [0.2, 0.25) is 0 Å². The van der Waals surface area contributed by atoms with Crippen LogP contribution in [0.4, 0.5) is 4.79 Å². The first-order valence-electron chi connectivity index (χ1n) is 13.8. The number of nitrogens with zero attached hydrogens (tertiary/aromatic N) is 2. The minimum atomic E-state index is -0.122. The fraction of sp³-hybridized carbons (Fsp3) is 0.655. The number of hydrogen-bond acceptors (Lipinski definition) is 4. The Balaban J connectivity index is 0.00000304. The van der Waals surface area contributed by atoms with Crippen LogP contribution in [0.15, 0.2) is 30.3 Å². The lowest BCUT2D eigenvalue weighted by Gasteiger charge is -2.47. The van der Waals surface area contributed by atoms with E-state index in [0.29, 0.717) is 24.7 Å². The van der Waals surface area contributed by atoms with Crippen LogP contribution in [0.5, 0.6) is 0 Å². The van der Waals surface area contributed by atoms with Gasteiger partial charge in [-0.15, -0.1) is 0 Å². The average Bonchev–Trinajstić information content (AvgIpc) is 3.34. The molecule has 35 heavy (non-hydrogen) atoms. The fourth-order valence-electron chi connectivity index (χ4n) is 7.17. The van der Waals surface area contributed by atoms with E-state index in [-0.39, 0.29) is 24.9 Å². The topological polar surface area (TPSA) is 61.9 Å². The molecule has 1 N–H and O–H groups in total. The van der Waals surface area contributed by atoms with E-state index in [1.54, 1.807) is 0 Å². The van der Waals surface area contributed by atoms with Gasteiger partial charge < -0.3 is 19.9 Å². The third-order valence-corrected chi connectivity index (χ3v) is 9.13. The number of ether oxygens (including phenoxy) is 1. The molecule has 3 saturated heterocycles. The van der Waals surface area contributed by atoms with Crippen LogP contribution >= 0.6 is 0 Å². The molecule has 0 radical (unpaired) electrons. The number of amides is 2. The summed E-state index contributed by atoms with van der Waals surface area (Å²) in [6, 6.07) is 9.93. The van der Waals surface area contributed by atoms with Crippen molar-refractivity contribution in [2.45, 2.75) is 102 Å². The zero-order valence-electron chi connectivity index (χ0n) is 21.6. The molecular formula is C29H43N3O3. The molecule has 2 amide bonds. The summed E-state index contributed by atoms with van der Waals surface area (Å²) in [6.07, 6.45) is 10.5. The third kappa shape index (κ3) is 4.39. The first-order chi connectivity index (χ1) is 17.0. The Hall–Kier alpha value is -2.34. The highest BCUT2D eigenvalue weighted by Gasteiger charge is 2.48. The largest absolute Gasteiger partial charge is 0.450 e. The van der Waals surface area contributed by atoms with Gasteiger partial charge in [-0.1, -0.05) is 44.2 Å². The van der Waals surface area contributed by atoms with Gasteiger partial charge in [0, 0.05) is 36.6 Å². The molecule has 0 saturated carbocycles.